The molecule has 1 N–H and O–H groups in total. The van der Waals surface area contributed by atoms with Gasteiger partial charge >= 0.3 is 5.69 Å². The fourth-order valence-electron chi connectivity index (χ4n) is 1.46. The van der Waals surface area contributed by atoms with Gasteiger partial charge in [-0.25, -0.2) is 9.18 Å². The van der Waals surface area contributed by atoms with Crippen LogP contribution in [0.1, 0.15) is 5.56 Å². The molecule has 0 amide bonds. The quantitative estimate of drug-likeness (QED) is 0.872. The molecule has 94 valence electrons. The molecule has 7 heteroatoms. The van der Waals surface area contributed by atoms with Gasteiger partial charge in [-0.15, -0.1) is 0 Å². The van der Waals surface area contributed by atoms with Gasteiger partial charge in [0.1, 0.15) is 5.82 Å². The van der Waals surface area contributed by atoms with Gasteiger partial charge in [-0.05, 0) is 39.7 Å². The van der Waals surface area contributed by atoms with Crippen LogP contribution in [0.3, 0.4) is 0 Å². The molecule has 0 aliphatic carbocycles. The second-order valence-electron chi connectivity index (χ2n) is 3.57. The van der Waals surface area contributed by atoms with Crippen LogP contribution in [0, 0.1) is 5.82 Å². The van der Waals surface area contributed by atoms with Gasteiger partial charge in [0.05, 0.1) is 11.0 Å². The standard InChI is InChI=1S/C11H7Br2FN2O2/c12-8-2-1-7(14)3-6(8)5-16-10(17)9(13)4-15-11(16)18/h1-4H,5H2,(H,15,18). The molecule has 2 rings (SSSR count). The highest BCUT2D eigenvalue weighted by atomic mass is 79.9. The maximum Gasteiger partial charge on any atom is 0.328 e. The molecule has 0 radical (unpaired) electrons. The van der Waals surface area contributed by atoms with Crippen molar-refractivity contribution >= 4 is 31.9 Å². The Labute approximate surface area is 118 Å². The van der Waals surface area contributed by atoms with E-state index in [-0.39, 0.29) is 11.0 Å². The lowest BCUT2D eigenvalue weighted by Crippen LogP contribution is -2.35. The molecule has 0 atom stereocenters. The number of halogens is 3. The van der Waals surface area contributed by atoms with Crippen LogP contribution in [-0.4, -0.2) is 9.55 Å². The smallest absolute Gasteiger partial charge is 0.313 e. The molecule has 2 aromatic rings. The third-order valence-electron chi connectivity index (χ3n) is 2.35. The van der Waals surface area contributed by atoms with E-state index in [0.29, 0.717) is 10.0 Å². The van der Waals surface area contributed by atoms with Crippen molar-refractivity contribution in [2.75, 3.05) is 0 Å². The summed E-state index contributed by atoms with van der Waals surface area (Å²) >= 11 is 6.29. The first kappa shape index (κ1) is 13.2. The van der Waals surface area contributed by atoms with Gasteiger partial charge in [0.25, 0.3) is 5.56 Å². The highest BCUT2D eigenvalue weighted by Gasteiger charge is 2.08. The van der Waals surface area contributed by atoms with Crippen LogP contribution in [0.2, 0.25) is 0 Å². The topological polar surface area (TPSA) is 54.9 Å². The minimum absolute atomic E-state index is 0.00799. The lowest BCUT2D eigenvalue weighted by atomic mass is 10.2. The molecule has 0 spiro atoms. The zero-order chi connectivity index (χ0) is 13.3. The van der Waals surface area contributed by atoms with E-state index in [2.05, 4.69) is 36.8 Å². The Morgan fingerprint density at radius 1 is 1.22 bits per heavy atom. The van der Waals surface area contributed by atoms with Crippen molar-refractivity contribution in [3.05, 3.63) is 65.6 Å². The summed E-state index contributed by atoms with van der Waals surface area (Å²) in [4.78, 5) is 25.8. The Morgan fingerprint density at radius 2 is 1.94 bits per heavy atom. The molecular weight excluding hydrogens is 371 g/mol. The molecule has 0 saturated heterocycles. The third-order valence-corrected chi connectivity index (χ3v) is 3.69. The van der Waals surface area contributed by atoms with Gasteiger partial charge in [-0.3, -0.25) is 9.36 Å². The van der Waals surface area contributed by atoms with E-state index in [1.54, 1.807) is 0 Å². The Bertz CT molecular complexity index is 709. The van der Waals surface area contributed by atoms with Gasteiger partial charge in [-0.2, -0.15) is 0 Å². The normalized spacial score (nSPS) is 10.6. The van der Waals surface area contributed by atoms with Crippen molar-refractivity contribution in [1.82, 2.24) is 9.55 Å². The van der Waals surface area contributed by atoms with E-state index in [0.717, 1.165) is 4.57 Å². The van der Waals surface area contributed by atoms with E-state index < -0.39 is 17.1 Å². The van der Waals surface area contributed by atoms with Gasteiger partial charge in [0.2, 0.25) is 0 Å². The monoisotopic (exact) mass is 376 g/mol. The van der Waals surface area contributed by atoms with E-state index in [9.17, 15) is 14.0 Å². The highest BCUT2D eigenvalue weighted by molar-refractivity contribution is 9.10. The number of benzene rings is 1. The van der Waals surface area contributed by atoms with Gasteiger partial charge < -0.3 is 4.98 Å². The molecule has 0 saturated carbocycles. The van der Waals surface area contributed by atoms with Crippen LogP contribution in [0.15, 0.2) is 42.9 Å². The Hall–Kier alpha value is -1.21. The van der Waals surface area contributed by atoms with Crippen LogP contribution in [0.25, 0.3) is 0 Å². The molecule has 0 aliphatic heterocycles. The fraction of sp³-hybridized carbons (Fsp3) is 0.0909. The Morgan fingerprint density at radius 3 is 2.67 bits per heavy atom. The summed E-state index contributed by atoms with van der Waals surface area (Å²) in [6.07, 6.45) is 1.28. The summed E-state index contributed by atoms with van der Waals surface area (Å²) in [6, 6.07) is 4.10. The summed E-state index contributed by atoms with van der Waals surface area (Å²) in [6.45, 7) is -0.00799. The lowest BCUT2D eigenvalue weighted by Gasteiger charge is -2.07. The number of nitrogens with one attached hydrogen (secondary N) is 1. The summed E-state index contributed by atoms with van der Waals surface area (Å²) in [5.74, 6) is -0.423. The molecule has 1 heterocycles. The lowest BCUT2D eigenvalue weighted by molar-refractivity contribution is 0.619. The number of rotatable bonds is 2. The predicted molar refractivity (Wildman–Crippen MR) is 72.2 cm³/mol. The van der Waals surface area contributed by atoms with Crippen molar-refractivity contribution in [3.63, 3.8) is 0 Å². The number of aromatic amines is 1. The molecular formula is C11H7Br2FN2O2. The van der Waals surface area contributed by atoms with Gasteiger partial charge in [0.15, 0.2) is 0 Å². The largest absolute Gasteiger partial charge is 0.328 e. The predicted octanol–water partition coefficient (Wildman–Crippen LogP) is 2.25. The van der Waals surface area contributed by atoms with E-state index >= 15 is 0 Å². The minimum Gasteiger partial charge on any atom is -0.313 e. The second-order valence-corrected chi connectivity index (χ2v) is 5.28. The molecule has 0 aliphatic rings. The number of aromatic nitrogens is 2. The minimum atomic E-state index is -0.542. The summed E-state index contributed by atoms with van der Waals surface area (Å²) in [5, 5.41) is 0. The van der Waals surface area contributed by atoms with E-state index in [1.807, 2.05) is 0 Å². The summed E-state index contributed by atoms with van der Waals surface area (Å²) < 4.78 is 15.0. The Kier molecular flexibility index (Phi) is 3.82. The molecule has 1 aromatic heterocycles. The number of hydrogen-bond donors (Lipinski definition) is 1. The van der Waals surface area contributed by atoms with Crippen LogP contribution >= 0.6 is 31.9 Å². The van der Waals surface area contributed by atoms with E-state index in [4.69, 9.17) is 0 Å². The van der Waals surface area contributed by atoms with Crippen LogP contribution in [-0.2, 0) is 6.54 Å². The second kappa shape index (κ2) is 5.19. The first-order valence-electron chi connectivity index (χ1n) is 4.91. The van der Waals surface area contributed by atoms with E-state index in [1.165, 1.54) is 24.4 Å². The van der Waals surface area contributed by atoms with Crippen molar-refractivity contribution in [2.45, 2.75) is 6.54 Å². The molecule has 0 bridgehead atoms. The van der Waals surface area contributed by atoms with Crippen molar-refractivity contribution in [2.24, 2.45) is 0 Å². The SMILES string of the molecule is O=c1[nH]cc(Br)c(=O)n1Cc1cc(F)ccc1Br. The molecule has 0 fully saturated rings. The summed E-state index contributed by atoms with van der Waals surface area (Å²) in [5.41, 5.74) is -0.491. The number of nitrogens with zero attached hydrogens (tertiary/aromatic N) is 1. The van der Waals surface area contributed by atoms with Crippen molar-refractivity contribution in [1.29, 1.82) is 0 Å². The maximum atomic E-state index is 13.1. The van der Waals surface area contributed by atoms with Crippen molar-refractivity contribution < 1.29 is 4.39 Å². The first-order valence-corrected chi connectivity index (χ1v) is 6.49. The highest BCUT2D eigenvalue weighted by Crippen LogP contribution is 2.18. The third kappa shape index (κ3) is 2.62. The van der Waals surface area contributed by atoms with Crippen molar-refractivity contribution in [3.8, 4) is 0 Å². The average molecular weight is 378 g/mol. The zero-order valence-electron chi connectivity index (χ0n) is 8.91. The number of H-pyrrole nitrogens is 1. The molecule has 4 nitrogen and oxygen atoms in total. The fourth-order valence-corrected chi connectivity index (χ4v) is 2.16. The van der Waals surface area contributed by atoms with Crippen LogP contribution < -0.4 is 11.2 Å². The number of hydrogen-bond acceptors (Lipinski definition) is 2. The van der Waals surface area contributed by atoms with Crippen LogP contribution in [0.4, 0.5) is 4.39 Å². The van der Waals surface area contributed by atoms with Crippen LogP contribution in [0.5, 0.6) is 0 Å². The molecule has 18 heavy (non-hydrogen) atoms. The average Bonchev–Trinajstić information content (AvgIpc) is 2.34. The zero-order valence-corrected chi connectivity index (χ0v) is 12.1. The molecule has 0 unspecified atom stereocenters. The summed E-state index contributed by atoms with van der Waals surface area (Å²) in [7, 11) is 0. The van der Waals surface area contributed by atoms with Gasteiger partial charge in [0, 0.05) is 10.7 Å². The first-order chi connectivity index (χ1) is 8.49. The molecule has 1 aromatic carbocycles. The maximum absolute atomic E-state index is 13.1. The Balaban J connectivity index is 2.53. The van der Waals surface area contributed by atoms with Gasteiger partial charge in [-0.1, -0.05) is 15.9 Å².